The monoisotopic (exact) mass is 537 g/mol. The maximum atomic E-state index is 13.7. The normalized spacial score (nSPS) is 20.0. The lowest BCUT2D eigenvalue weighted by molar-refractivity contribution is -0.142. The van der Waals surface area contributed by atoms with Gasteiger partial charge in [-0.05, 0) is 64.7 Å². The minimum absolute atomic E-state index is 0.0233. The summed E-state index contributed by atoms with van der Waals surface area (Å²) in [5, 5.41) is 7.43. The molecule has 2 atom stereocenters. The van der Waals surface area contributed by atoms with Crippen molar-refractivity contribution in [3.63, 3.8) is 0 Å². The number of Topliss-reactive ketones (excluding diaryl/α,β-unsaturated/α-hetero) is 1. The minimum atomic E-state index is -1.12. The molecule has 1 aliphatic heterocycles. The topological polar surface area (TPSA) is 62.3 Å². The predicted octanol–water partition coefficient (Wildman–Crippen LogP) is 6.66. The van der Waals surface area contributed by atoms with Gasteiger partial charge in [0.05, 0.1) is 11.9 Å². The highest BCUT2D eigenvalue weighted by atomic mass is 35.5. The number of thiophene rings is 1. The van der Waals surface area contributed by atoms with E-state index in [1.54, 1.807) is 37.3 Å². The fraction of sp³-hybridized carbons (Fsp3) is 0.148. The average Bonchev–Trinajstić information content (AvgIpc) is 3.41. The molecule has 9 heteroatoms. The summed E-state index contributed by atoms with van der Waals surface area (Å²) in [6.45, 7) is 1.64. The Morgan fingerprint density at radius 3 is 2.64 bits per heavy atom. The number of hydrogen-bond donors (Lipinski definition) is 2. The maximum absolute atomic E-state index is 13.7. The van der Waals surface area contributed by atoms with E-state index in [-0.39, 0.29) is 12.2 Å². The highest BCUT2D eigenvalue weighted by molar-refractivity contribution is 7.78. The van der Waals surface area contributed by atoms with Crippen LogP contribution in [0.5, 0.6) is 0 Å². The van der Waals surface area contributed by atoms with Gasteiger partial charge in [0.25, 0.3) is 0 Å². The first-order chi connectivity index (χ1) is 17.3. The number of thiol groups is 1. The number of anilines is 2. The zero-order valence-electron chi connectivity index (χ0n) is 19.1. The summed E-state index contributed by atoms with van der Waals surface area (Å²) >= 11 is 12.5. The predicted molar refractivity (Wildman–Crippen MR) is 143 cm³/mol. The van der Waals surface area contributed by atoms with Crippen molar-refractivity contribution in [1.82, 2.24) is 9.29 Å². The number of nitrogens with zero attached hydrogens (tertiary/aromatic N) is 2. The first kappa shape index (κ1) is 24.5. The molecule has 0 saturated carbocycles. The Morgan fingerprint density at radius 2 is 1.92 bits per heavy atom. The third-order valence-corrected chi connectivity index (χ3v) is 7.99. The van der Waals surface area contributed by atoms with Crippen LogP contribution in [0, 0.1) is 12.9 Å². The largest absolute Gasteiger partial charge is 0.354 e. The number of aryl methyl sites for hydroxylation is 1. The summed E-state index contributed by atoms with van der Waals surface area (Å²) in [4.78, 5) is 31.1. The maximum Gasteiger partial charge on any atom is 0.248 e. The van der Waals surface area contributed by atoms with Crippen molar-refractivity contribution in [3.8, 4) is 0 Å². The van der Waals surface area contributed by atoms with E-state index in [0.29, 0.717) is 33.1 Å². The van der Waals surface area contributed by atoms with E-state index in [1.165, 1.54) is 21.8 Å². The highest BCUT2D eigenvalue weighted by Crippen LogP contribution is 2.48. The Hall–Kier alpha value is -3.20. The van der Waals surface area contributed by atoms with Crippen molar-refractivity contribution in [2.75, 3.05) is 5.32 Å². The molecule has 36 heavy (non-hydrogen) atoms. The van der Waals surface area contributed by atoms with E-state index in [2.05, 4.69) is 10.3 Å². The fourth-order valence-corrected chi connectivity index (χ4v) is 6.04. The van der Waals surface area contributed by atoms with Gasteiger partial charge in [-0.3, -0.25) is 13.9 Å². The fourth-order valence-electron chi connectivity index (χ4n) is 4.66. The lowest BCUT2D eigenvalue weighted by atomic mass is 9.73. The van der Waals surface area contributed by atoms with Gasteiger partial charge >= 0.3 is 0 Å². The molecule has 0 spiro atoms. The van der Waals surface area contributed by atoms with Gasteiger partial charge in [0.2, 0.25) is 11.9 Å². The average molecular weight is 538 g/mol. The van der Waals surface area contributed by atoms with E-state index in [1.807, 2.05) is 41.1 Å². The molecule has 2 aromatic carbocycles. The van der Waals surface area contributed by atoms with Gasteiger partial charge in [0.15, 0.2) is 5.78 Å². The Balaban J connectivity index is 1.58. The quantitative estimate of drug-likeness (QED) is 0.170. The molecule has 1 amide bonds. The molecular weight excluding hydrogens is 517 g/mol. The second-order valence-electron chi connectivity index (χ2n) is 8.66. The minimum Gasteiger partial charge on any atom is -0.354 e. The lowest BCUT2D eigenvalue weighted by Gasteiger charge is -2.46. The molecule has 0 aliphatic carbocycles. The molecule has 1 unspecified atom stereocenters. The molecule has 0 bridgehead atoms. The Labute approximate surface area is 222 Å². The third-order valence-electron chi connectivity index (χ3n) is 6.43. The molecule has 4 aromatic rings. The van der Waals surface area contributed by atoms with Crippen LogP contribution in [0.15, 0.2) is 77.6 Å². The molecule has 182 valence electrons. The number of rotatable bonds is 5. The first-order valence-electron chi connectivity index (χ1n) is 11.1. The summed E-state index contributed by atoms with van der Waals surface area (Å²) in [5.74, 6) is -2.23. The van der Waals surface area contributed by atoms with Crippen LogP contribution in [0.1, 0.15) is 34.6 Å². The molecule has 0 radical (unpaired) electrons. The van der Waals surface area contributed by atoms with Crippen LogP contribution in [-0.2, 0) is 15.1 Å². The van der Waals surface area contributed by atoms with E-state index in [4.69, 9.17) is 24.4 Å². The highest BCUT2D eigenvalue weighted by Gasteiger charge is 2.52. The molecular formula is C27H21ClFN3O2S2. The smallest absolute Gasteiger partial charge is 0.248 e. The number of nitrogens with one attached hydrogen (secondary N) is 1. The first-order valence-corrected chi connectivity index (χ1v) is 12.9. The van der Waals surface area contributed by atoms with Gasteiger partial charge in [-0.25, -0.2) is 4.98 Å². The lowest BCUT2D eigenvalue weighted by Crippen LogP contribution is -2.54. The number of carbonyl (C=O) groups is 2. The number of pyridine rings is 1. The van der Waals surface area contributed by atoms with Gasteiger partial charge in [0.1, 0.15) is 11.5 Å². The zero-order chi connectivity index (χ0) is 25.4. The summed E-state index contributed by atoms with van der Waals surface area (Å²) < 4.78 is 15.0. The zero-order valence-corrected chi connectivity index (χ0v) is 21.6. The summed E-state index contributed by atoms with van der Waals surface area (Å²) in [6.07, 6.45) is 1.44. The molecule has 1 saturated heterocycles. The van der Waals surface area contributed by atoms with E-state index >= 15 is 0 Å². The molecule has 2 aromatic heterocycles. The van der Waals surface area contributed by atoms with Crippen molar-refractivity contribution in [2.45, 2.75) is 24.8 Å². The Kier molecular flexibility index (Phi) is 6.59. The third kappa shape index (κ3) is 4.19. The number of piperidine rings is 1. The van der Waals surface area contributed by atoms with Crippen molar-refractivity contribution >= 4 is 58.8 Å². The van der Waals surface area contributed by atoms with Crippen molar-refractivity contribution in [1.29, 1.82) is 0 Å². The SMILES string of the molecule is Cc1cc(Nc2cccc([C@]3(c4ccsc4)CC(=O)C(c4ccccc4Cl)C(=O)N3S)c2)cnc1F. The summed E-state index contributed by atoms with van der Waals surface area (Å²) in [5.41, 5.74) is 2.59. The second-order valence-corrected chi connectivity index (χ2v) is 10.2. The number of carbonyl (C=O) groups excluding carboxylic acids is 2. The number of aromatic nitrogens is 1. The van der Waals surface area contributed by atoms with Crippen LogP contribution in [0.4, 0.5) is 15.8 Å². The number of halogens is 2. The van der Waals surface area contributed by atoms with Gasteiger partial charge in [-0.2, -0.15) is 15.7 Å². The molecule has 3 heterocycles. The van der Waals surface area contributed by atoms with Crippen LogP contribution < -0.4 is 5.32 Å². The molecule has 5 nitrogen and oxygen atoms in total. The van der Waals surface area contributed by atoms with Gasteiger partial charge in [0, 0.05) is 22.7 Å². The van der Waals surface area contributed by atoms with Crippen LogP contribution >= 0.6 is 35.8 Å². The van der Waals surface area contributed by atoms with Crippen LogP contribution in [0.25, 0.3) is 0 Å². The summed E-state index contributed by atoms with van der Waals surface area (Å²) in [7, 11) is 0. The van der Waals surface area contributed by atoms with Crippen LogP contribution in [0.2, 0.25) is 5.02 Å². The molecule has 1 fully saturated rings. The van der Waals surface area contributed by atoms with Gasteiger partial charge < -0.3 is 5.32 Å². The Bertz CT molecular complexity index is 1460. The molecule has 1 N–H and O–H groups in total. The van der Waals surface area contributed by atoms with Crippen molar-refractivity contribution < 1.29 is 14.0 Å². The molecule has 1 aliphatic rings. The van der Waals surface area contributed by atoms with E-state index in [0.717, 1.165) is 5.56 Å². The molecule has 5 rings (SSSR count). The van der Waals surface area contributed by atoms with Gasteiger partial charge in [-0.1, -0.05) is 54.7 Å². The van der Waals surface area contributed by atoms with Crippen molar-refractivity contribution in [3.05, 3.63) is 111 Å². The van der Waals surface area contributed by atoms with Crippen molar-refractivity contribution in [2.24, 2.45) is 0 Å². The Morgan fingerprint density at radius 1 is 1.11 bits per heavy atom. The van der Waals surface area contributed by atoms with Gasteiger partial charge in [-0.15, -0.1) is 0 Å². The van der Waals surface area contributed by atoms with Crippen LogP contribution in [-0.4, -0.2) is 21.0 Å². The van der Waals surface area contributed by atoms with E-state index < -0.39 is 23.3 Å². The standard InChI is InChI=1S/C27H21ClFN3O2S2/c1-16-11-20(14-30-25(16)29)31-19-6-4-5-17(12-19)27(18-9-10-36-15-18)13-23(33)24(26(34)32(27)35)21-7-2-3-8-22(21)28/h2-12,14-15,24,31,35H,13H2,1H3/t24?,27-/m0/s1. The second kappa shape index (κ2) is 9.69. The van der Waals surface area contributed by atoms with Crippen LogP contribution in [0.3, 0.4) is 0 Å². The summed E-state index contributed by atoms with van der Waals surface area (Å²) in [6, 6.07) is 17.9. The van der Waals surface area contributed by atoms with E-state index in [9.17, 15) is 14.0 Å². The number of hydrogen-bond acceptors (Lipinski definition) is 6. The number of ketones is 1. The number of benzene rings is 2. The number of amides is 1.